The van der Waals surface area contributed by atoms with Crippen molar-refractivity contribution in [2.75, 3.05) is 30.3 Å². The van der Waals surface area contributed by atoms with Gasteiger partial charge < -0.3 is 20.8 Å². The summed E-state index contributed by atoms with van der Waals surface area (Å²) < 4.78 is 0. The van der Waals surface area contributed by atoms with Gasteiger partial charge in [-0.05, 0) is 146 Å². The largest absolute Gasteiger partial charge is 0.480 e. The van der Waals surface area contributed by atoms with Crippen LogP contribution in [0.1, 0.15) is 105 Å². The fraction of sp³-hybridized carbons (Fsp3) is 0.390. The summed E-state index contributed by atoms with van der Waals surface area (Å²) in [5, 5.41) is 27.7. The number of aliphatic carboxylic acids is 1. The number of carbonyl (C=O) groups is 3. The van der Waals surface area contributed by atoms with Crippen LogP contribution in [-0.2, 0) is 17.9 Å². The second-order valence-electron chi connectivity index (χ2n) is 14.4. The Morgan fingerprint density at radius 3 is 1.77 bits per heavy atom. The van der Waals surface area contributed by atoms with E-state index >= 15 is 0 Å². The minimum atomic E-state index is -1.13. The monoisotopic (exact) mass is 702 g/mol. The number of nitrogens with one attached hydrogen (secondary N) is 3. The van der Waals surface area contributed by atoms with Crippen LogP contribution in [0.2, 0.25) is 0 Å². The topological polar surface area (TPSA) is 157 Å². The van der Waals surface area contributed by atoms with E-state index in [1.807, 2.05) is 62.5 Å². The molecule has 7 rings (SSSR count). The van der Waals surface area contributed by atoms with Crippen LogP contribution in [0.15, 0.2) is 60.9 Å². The van der Waals surface area contributed by atoms with E-state index in [0.29, 0.717) is 28.9 Å². The van der Waals surface area contributed by atoms with Gasteiger partial charge in [0.2, 0.25) is 0 Å². The molecule has 2 aromatic carbocycles. The van der Waals surface area contributed by atoms with Gasteiger partial charge in [0, 0.05) is 36.9 Å². The average molecular weight is 703 g/mol. The molecule has 1 aliphatic heterocycles. The van der Waals surface area contributed by atoms with Crippen LogP contribution < -0.4 is 16.0 Å². The average Bonchev–Trinajstić information content (AvgIpc) is 4.09. The second kappa shape index (κ2) is 15.3. The quantitative estimate of drug-likeness (QED) is 0.104. The first-order valence-electron chi connectivity index (χ1n) is 18.3. The molecular formula is C41H46N6O5. The van der Waals surface area contributed by atoms with Crippen molar-refractivity contribution in [3.63, 3.8) is 0 Å². The van der Waals surface area contributed by atoms with Crippen molar-refractivity contribution in [2.45, 2.75) is 83.3 Å². The van der Waals surface area contributed by atoms with Gasteiger partial charge in [-0.2, -0.15) is 0 Å². The molecule has 11 nitrogen and oxygen atoms in total. The summed E-state index contributed by atoms with van der Waals surface area (Å²) in [6.07, 6.45) is 10.3. The Morgan fingerprint density at radius 1 is 0.788 bits per heavy atom. The molecule has 2 amide bonds. The predicted molar refractivity (Wildman–Crippen MR) is 200 cm³/mol. The maximum atomic E-state index is 13.6. The van der Waals surface area contributed by atoms with Crippen LogP contribution in [0.25, 0.3) is 11.1 Å². The number of carboxylic acid groups (broad SMARTS) is 1. The van der Waals surface area contributed by atoms with Gasteiger partial charge in [-0.15, -0.1) is 0 Å². The van der Waals surface area contributed by atoms with Gasteiger partial charge in [-0.3, -0.25) is 34.6 Å². The molecular weight excluding hydrogens is 656 g/mol. The first-order chi connectivity index (χ1) is 25.2. The number of aliphatic hydroxyl groups is 1. The van der Waals surface area contributed by atoms with E-state index in [1.165, 1.54) is 24.0 Å². The number of amides is 2. The molecule has 1 saturated heterocycles. The Balaban J connectivity index is 1.07. The molecule has 0 unspecified atom stereocenters. The van der Waals surface area contributed by atoms with Crippen molar-refractivity contribution < 1.29 is 24.6 Å². The molecule has 52 heavy (non-hydrogen) atoms. The number of anilines is 2. The first kappa shape index (κ1) is 35.4. The molecule has 0 spiro atoms. The third kappa shape index (κ3) is 7.91. The van der Waals surface area contributed by atoms with E-state index in [0.717, 1.165) is 78.7 Å². The van der Waals surface area contributed by atoms with E-state index in [4.69, 9.17) is 0 Å². The molecule has 2 aliphatic carbocycles. The molecule has 3 heterocycles. The van der Waals surface area contributed by atoms with Gasteiger partial charge in [-0.1, -0.05) is 24.3 Å². The standard InChI is InChI=1S/C41H46N6O5/c1-24-30(7-5-9-34(24)45-39(49)36-17-32(26-11-12-26)28(19-42-36)20-44-38(23-48)41(51)52)31-8-6-10-35(25(31)2)46-40(50)37-18-33(27-13-14-27)29(21-43-37)22-47-15-3-4-16-47/h5-10,17-19,21,26-27,38,44,48H,3-4,11-16,20,22-23H2,1-2H3,(H,45,49)(H,46,50)(H,51,52)/t38-/m1/s1. The SMILES string of the molecule is Cc1c(NC(=O)c2cc(C3CC3)c(CN[C@H](CO)C(=O)O)cn2)cccc1-c1cccc(NC(=O)c2cc(C3CC3)c(CN3CCCC3)cn2)c1C. The number of likely N-dealkylation sites (tertiary alicyclic amines) is 1. The molecule has 4 aromatic rings. The summed E-state index contributed by atoms with van der Waals surface area (Å²) in [5.74, 6) is -0.904. The number of hydrogen-bond donors (Lipinski definition) is 5. The van der Waals surface area contributed by atoms with E-state index in [2.05, 4.69) is 30.8 Å². The maximum absolute atomic E-state index is 13.6. The summed E-state index contributed by atoms with van der Waals surface area (Å²) in [6, 6.07) is 14.3. The van der Waals surface area contributed by atoms with Gasteiger partial charge in [0.1, 0.15) is 17.4 Å². The molecule has 1 atom stereocenters. The zero-order valence-electron chi connectivity index (χ0n) is 29.7. The highest BCUT2D eigenvalue weighted by molar-refractivity contribution is 6.05. The normalized spacial score (nSPS) is 16.4. The van der Waals surface area contributed by atoms with Crippen LogP contribution in [0.3, 0.4) is 0 Å². The number of rotatable bonds is 14. The molecule has 2 saturated carbocycles. The molecule has 3 fully saturated rings. The molecule has 0 bridgehead atoms. The maximum Gasteiger partial charge on any atom is 0.323 e. The van der Waals surface area contributed by atoms with Crippen molar-refractivity contribution in [3.8, 4) is 11.1 Å². The number of nitrogens with zero attached hydrogens (tertiary/aromatic N) is 3. The van der Waals surface area contributed by atoms with E-state index < -0.39 is 18.6 Å². The van der Waals surface area contributed by atoms with Crippen LogP contribution in [-0.4, -0.2) is 68.6 Å². The van der Waals surface area contributed by atoms with E-state index in [-0.39, 0.29) is 24.1 Å². The summed E-state index contributed by atoms with van der Waals surface area (Å²) in [4.78, 5) is 49.9. The number of aliphatic hydroxyl groups excluding tert-OH is 1. The Morgan fingerprint density at radius 2 is 1.29 bits per heavy atom. The number of pyridine rings is 2. The van der Waals surface area contributed by atoms with Crippen LogP contribution in [0.5, 0.6) is 0 Å². The third-order valence-electron chi connectivity index (χ3n) is 10.6. The van der Waals surface area contributed by atoms with E-state index in [1.54, 1.807) is 12.3 Å². The van der Waals surface area contributed by atoms with Crippen molar-refractivity contribution in [3.05, 3.63) is 106 Å². The van der Waals surface area contributed by atoms with Crippen LogP contribution in [0.4, 0.5) is 11.4 Å². The van der Waals surface area contributed by atoms with Crippen LogP contribution in [0, 0.1) is 13.8 Å². The predicted octanol–water partition coefficient (Wildman–Crippen LogP) is 6.15. The van der Waals surface area contributed by atoms with Gasteiger partial charge in [0.05, 0.1) is 6.61 Å². The highest BCUT2D eigenvalue weighted by atomic mass is 16.4. The van der Waals surface area contributed by atoms with E-state index in [9.17, 15) is 24.6 Å². The fourth-order valence-corrected chi connectivity index (χ4v) is 7.22. The molecule has 11 heteroatoms. The van der Waals surface area contributed by atoms with Crippen LogP contribution >= 0.6 is 0 Å². The Kier molecular flexibility index (Phi) is 10.4. The smallest absolute Gasteiger partial charge is 0.323 e. The number of carboxylic acids is 1. The lowest BCUT2D eigenvalue weighted by molar-refractivity contribution is -0.140. The van der Waals surface area contributed by atoms with Gasteiger partial charge in [-0.25, -0.2) is 0 Å². The molecule has 3 aliphatic rings. The second-order valence-corrected chi connectivity index (χ2v) is 14.4. The highest BCUT2D eigenvalue weighted by Crippen LogP contribution is 2.43. The minimum Gasteiger partial charge on any atom is -0.480 e. The lowest BCUT2D eigenvalue weighted by atomic mass is 9.94. The summed E-state index contributed by atoms with van der Waals surface area (Å²) in [6.45, 7) is 6.77. The van der Waals surface area contributed by atoms with Crippen molar-refractivity contribution >= 4 is 29.2 Å². The molecule has 0 radical (unpaired) electrons. The van der Waals surface area contributed by atoms with Gasteiger partial charge in [0.25, 0.3) is 11.8 Å². The zero-order valence-corrected chi connectivity index (χ0v) is 29.7. The van der Waals surface area contributed by atoms with Crippen molar-refractivity contribution in [1.82, 2.24) is 20.2 Å². The number of carbonyl (C=O) groups excluding carboxylic acids is 2. The first-order valence-corrected chi connectivity index (χ1v) is 18.3. The van der Waals surface area contributed by atoms with Crippen molar-refractivity contribution in [2.24, 2.45) is 0 Å². The third-order valence-corrected chi connectivity index (χ3v) is 10.6. The number of aromatic nitrogens is 2. The summed E-state index contributed by atoms with van der Waals surface area (Å²) in [7, 11) is 0. The Bertz CT molecular complexity index is 2000. The summed E-state index contributed by atoms with van der Waals surface area (Å²) >= 11 is 0. The molecule has 270 valence electrons. The Hall–Kier alpha value is -4.97. The molecule has 5 N–H and O–H groups in total. The summed E-state index contributed by atoms with van der Waals surface area (Å²) in [5.41, 5.74) is 9.96. The number of benzene rings is 2. The number of hydrogen-bond acceptors (Lipinski definition) is 8. The van der Waals surface area contributed by atoms with Gasteiger partial charge >= 0.3 is 5.97 Å². The van der Waals surface area contributed by atoms with Gasteiger partial charge in [0.15, 0.2) is 0 Å². The zero-order chi connectivity index (χ0) is 36.4. The lowest BCUT2D eigenvalue weighted by Crippen LogP contribution is -2.39. The highest BCUT2D eigenvalue weighted by Gasteiger charge is 2.30. The lowest BCUT2D eigenvalue weighted by Gasteiger charge is -2.18. The fourth-order valence-electron chi connectivity index (χ4n) is 7.22. The Labute approximate surface area is 303 Å². The molecule has 2 aromatic heterocycles. The van der Waals surface area contributed by atoms with Crippen molar-refractivity contribution in [1.29, 1.82) is 0 Å². The minimum absolute atomic E-state index is 0.224.